The van der Waals surface area contributed by atoms with E-state index in [0.29, 0.717) is 11.3 Å². The van der Waals surface area contributed by atoms with Crippen LogP contribution in [0.25, 0.3) is 0 Å². The molecular formula is C8H10BN3. The normalized spacial score (nSPS) is 11.7. The van der Waals surface area contributed by atoms with Crippen molar-refractivity contribution in [1.29, 1.82) is 0 Å². The number of pyridine rings is 1. The molecule has 2 radical (unpaired) electrons. The molecule has 0 aromatic carbocycles. The first-order valence-electron chi connectivity index (χ1n) is 3.62. The van der Waals surface area contributed by atoms with Gasteiger partial charge in [-0.3, -0.25) is 4.98 Å². The Hall–Kier alpha value is -1.32. The number of aryl methyl sites for hydroxylation is 1. The van der Waals surface area contributed by atoms with Crippen LogP contribution < -0.4 is 11.2 Å². The molecule has 0 spiro atoms. The molecule has 0 saturated carbocycles. The number of aromatic nitrogens is 1. The Morgan fingerprint density at radius 2 is 2.33 bits per heavy atom. The molecule has 12 heavy (non-hydrogen) atoms. The molecule has 4 heteroatoms. The zero-order valence-corrected chi connectivity index (χ0v) is 7.20. The third-order valence-corrected chi connectivity index (χ3v) is 1.38. The second-order valence-corrected chi connectivity index (χ2v) is 2.63. The zero-order chi connectivity index (χ0) is 9.14. The van der Waals surface area contributed by atoms with Crippen molar-refractivity contribution in [2.75, 3.05) is 0 Å². The molecule has 0 atom stereocenters. The number of nitrogens with two attached hydrogens (primary N) is 1. The molecule has 2 N–H and O–H groups in total. The summed E-state index contributed by atoms with van der Waals surface area (Å²) in [6.45, 7) is 3.59. The molecule has 1 aromatic rings. The molecule has 0 aliphatic rings. The van der Waals surface area contributed by atoms with Gasteiger partial charge >= 0.3 is 0 Å². The fraction of sp³-hybridized carbons (Fsp3) is 0.250. The van der Waals surface area contributed by atoms with Gasteiger partial charge in [-0.05, 0) is 19.9 Å². The molecular weight excluding hydrogens is 149 g/mol. The van der Waals surface area contributed by atoms with E-state index in [1.54, 1.807) is 19.2 Å². The number of aliphatic imine (C=N–C) groups is 1. The third kappa shape index (κ3) is 2.08. The van der Waals surface area contributed by atoms with Crippen LogP contribution in [0.15, 0.2) is 17.3 Å². The van der Waals surface area contributed by atoms with Gasteiger partial charge in [-0.15, -0.1) is 0 Å². The highest BCUT2D eigenvalue weighted by Crippen LogP contribution is 2.12. The van der Waals surface area contributed by atoms with E-state index in [1.807, 2.05) is 6.92 Å². The highest BCUT2D eigenvalue weighted by atomic mass is 14.9. The van der Waals surface area contributed by atoms with Crippen LogP contribution in [0.5, 0.6) is 0 Å². The summed E-state index contributed by atoms with van der Waals surface area (Å²) in [5.74, 6) is 0.505. The number of rotatable bonds is 1. The summed E-state index contributed by atoms with van der Waals surface area (Å²) in [4.78, 5) is 8.12. The summed E-state index contributed by atoms with van der Waals surface area (Å²) in [5, 5.41) is 0. The van der Waals surface area contributed by atoms with Crippen LogP contribution in [0.4, 0.5) is 5.69 Å². The van der Waals surface area contributed by atoms with Crippen LogP contribution in [0, 0.1) is 6.92 Å². The van der Waals surface area contributed by atoms with E-state index in [-0.39, 0.29) is 0 Å². The lowest BCUT2D eigenvalue weighted by Crippen LogP contribution is -2.07. The summed E-state index contributed by atoms with van der Waals surface area (Å²) in [7, 11) is 5.53. The van der Waals surface area contributed by atoms with E-state index in [2.05, 4.69) is 9.98 Å². The molecule has 60 valence electrons. The molecule has 0 aliphatic heterocycles. The second kappa shape index (κ2) is 3.39. The molecule has 0 unspecified atom stereocenters. The Morgan fingerprint density at radius 3 is 2.92 bits per heavy atom. The minimum Gasteiger partial charge on any atom is -0.387 e. The van der Waals surface area contributed by atoms with Crippen LogP contribution in [-0.2, 0) is 0 Å². The monoisotopic (exact) mass is 159 g/mol. The summed E-state index contributed by atoms with van der Waals surface area (Å²) in [5.41, 5.74) is 7.58. The van der Waals surface area contributed by atoms with Gasteiger partial charge in [-0.1, -0.05) is 5.46 Å². The minimum atomic E-state index is 0.505. The van der Waals surface area contributed by atoms with Crippen LogP contribution >= 0.6 is 0 Å². The van der Waals surface area contributed by atoms with E-state index in [9.17, 15) is 0 Å². The van der Waals surface area contributed by atoms with Crippen LogP contribution in [0.2, 0.25) is 0 Å². The molecule has 0 amide bonds. The summed E-state index contributed by atoms with van der Waals surface area (Å²) < 4.78 is 0. The first-order valence-corrected chi connectivity index (χ1v) is 3.62. The maximum atomic E-state index is 5.53. The molecule has 1 aromatic heterocycles. The molecule has 0 saturated heterocycles. The van der Waals surface area contributed by atoms with Crippen molar-refractivity contribution in [3.8, 4) is 0 Å². The lowest BCUT2D eigenvalue weighted by Gasteiger charge is -2.00. The van der Waals surface area contributed by atoms with Gasteiger partial charge in [0, 0.05) is 6.20 Å². The number of amidine groups is 1. The number of hydrogen-bond donors (Lipinski definition) is 1. The van der Waals surface area contributed by atoms with Crippen molar-refractivity contribution in [3.63, 3.8) is 0 Å². The molecule has 0 bridgehead atoms. The van der Waals surface area contributed by atoms with Crippen molar-refractivity contribution in [1.82, 2.24) is 4.98 Å². The Kier molecular flexibility index (Phi) is 2.48. The summed E-state index contributed by atoms with van der Waals surface area (Å²) >= 11 is 0. The van der Waals surface area contributed by atoms with Gasteiger partial charge in [0.25, 0.3) is 0 Å². The smallest absolute Gasteiger partial charge is 0.116 e. The minimum absolute atomic E-state index is 0.505. The summed E-state index contributed by atoms with van der Waals surface area (Å²) in [6, 6.07) is 1.75. The Morgan fingerprint density at radius 1 is 1.67 bits per heavy atom. The van der Waals surface area contributed by atoms with E-state index >= 15 is 0 Å². The molecule has 1 rings (SSSR count). The third-order valence-electron chi connectivity index (χ3n) is 1.38. The second-order valence-electron chi connectivity index (χ2n) is 2.63. The molecule has 0 aliphatic carbocycles. The van der Waals surface area contributed by atoms with E-state index in [1.165, 1.54) is 0 Å². The quantitative estimate of drug-likeness (QED) is 0.361. The van der Waals surface area contributed by atoms with Crippen molar-refractivity contribution in [3.05, 3.63) is 18.0 Å². The van der Waals surface area contributed by atoms with Gasteiger partial charge in [-0.25, -0.2) is 4.99 Å². The standard InChI is InChI=1S/C8H10BN3/c1-5-8(12-6(2)10)3-7(9)4-11-5/h3-4H,1-2H3,(H2,10,12). The van der Waals surface area contributed by atoms with Crippen molar-refractivity contribution in [2.45, 2.75) is 13.8 Å². The van der Waals surface area contributed by atoms with E-state index in [4.69, 9.17) is 13.6 Å². The number of nitrogens with zero attached hydrogens (tertiary/aromatic N) is 2. The van der Waals surface area contributed by atoms with Gasteiger partial charge in [-0.2, -0.15) is 0 Å². The molecule has 0 fully saturated rings. The largest absolute Gasteiger partial charge is 0.387 e. The predicted molar refractivity (Wildman–Crippen MR) is 51.3 cm³/mol. The van der Waals surface area contributed by atoms with Crippen LogP contribution in [0.1, 0.15) is 12.6 Å². The van der Waals surface area contributed by atoms with E-state index in [0.717, 1.165) is 11.4 Å². The van der Waals surface area contributed by atoms with Crippen molar-refractivity contribution < 1.29 is 0 Å². The fourth-order valence-electron chi connectivity index (χ4n) is 0.840. The van der Waals surface area contributed by atoms with Crippen molar-refractivity contribution in [2.24, 2.45) is 10.7 Å². The van der Waals surface area contributed by atoms with Crippen LogP contribution in [-0.4, -0.2) is 18.7 Å². The predicted octanol–water partition coefficient (Wildman–Crippen LogP) is 0.192. The first kappa shape index (κ1) is 8.78. The van der Waals surface area contributed by atoms with Gasteiger partial charge in [0.15, 0.2) is 0 Å². The van der Waals surface area contributed by atoms with Gasteiger partial charge in [0.2, 0.25) is 0 Å². The maximum absolute atomic E-state index is 5.53. The lowest BCUT2D eigenvalue weighted by atomic mass is 9.98. The Bertz CT molecular complexity index is 316. The van der Waals surface area contributed by atoms with Crippen molar-refractivity contribution >= 4 is 24.8 Å². The lowest BCUT2D eigenvalue weighted by molar-refractivity contribution is 1.19. The average Bonchev–Trinajstić information content (AvgIpc) is 1.96. The molecule has 3 nitrogen and oxygen atoms in total. The zero-order valence-electron chi connectivity index (χ0n) is 7.20. The maximum Gasteiger partial charge on any atom is 0.116 e. The fourth-order valence-corrected chi connectivity index (χ4v) is 0.840. The highest BCUT2D eigenvalue weighted by Gasteiger charge is 1.96. The SMILES string of the molecule is [B]c1cnc(C)c(N=C(C)N)c1. The van der Waals surface area contributed by atoms with E-state index < -0.39 is 0 Å². The van der Waals surface area contributed by atoms with Gasteiger partial charge in [0.1, 0.15) is 7.85 Å². The average molecular weight is 159 g/mol. The first-order chi connectivity index (χ1) is 5.59. The topological polar surface area (TPSA) is 51.3 Å². The number of hydrogen-bond acceptors (Lipinski definition) is 2. The van der Waals surface area contributed by atoms with Gasteiger partial charge < -0.3 is 5.73 Å². The highest BCUT2D eigenvalue weighted by molar-refractivity contribution is 6.32. The Labute approximate surface area is 73.1 Å². The Balaban J connectivity index is 3.14. The van der Waals surface area contributed by atoms with Gasteiger partial charge in [0.05, 0.1) is 17.2 Å². The summed E-state index contributed by atoms with van der Waals surface area (Å²) in [6.07, 6.45) is 1.60. The molecule has 1 heterocycles. The van der Waals surface area contributed by atoms with Crippen LogP contribution in [0.3, 0.4) is 0 Å².